The molecule has 0 fully saturated rings. The molecule has 0 amide bonds. The van der Waals surface area contributed by atoms with Crippen LogP contribution in [0.25, 0.3) is 115 Å². The van der Waals surface area contributed by atoms with Gasteiger partial charge in [-0.2, -0.15) is 0 Å². The van der Waals surface area contributed by atoms with Gasteiger partial charge < -0.3 is 9.05 Å². The molecule has 0 saturated heterocycles. The third-order valence-electron chi connectivity index (χ3n) is 14.1. The van der Waals surface area contributed by atoms with Crippen molar-refractivity contribution in [3.63, 3.8) is 0 Å². The van der Waals surface area contributed by atoms with Gasteiger partial charge in [-0.15, -0.1) is 0 Å². The Morgan fingerprint density at radius 3 is 1.35 bits per heavy atom. The lowest BCUT2D eigenvalue weighted by atomic mass is 9.48. The van der Waals surface area contributed by atoms with Crippen LogP contribution >= 0.6 is 0 Å². The summed E-state index contributed by atoms with van der Waals surface area (Å²) in [6.07, 6.45) is 0. The third kappa shape index (κ3) is 5.30. The average Bonchev–Trinajstić information content (AvgIpc) is 3.91. The van der Waals surface area contributed by atoms with Crippen LogP contribution in [0.3, 0.4) is 0 Å². The monoisotopic (exact) mass is 822 g/mol. The molecule has 0 atom stereocenters. The van der Waals surface area contributed by atoms with Crippen molar-refractivity contribution < 1.29 is 0 Å². The number of fused-ring (bicyclic) bond motifs is 12. The Balaban J connectivity index is 1.24. The molecule has 0 spiro atoms. The molecular formula is C62H39BN2. The van der Waals surface area contributed by atoms with Crippen molar-refractivity contribution in [2.24, 2.45) is 0 Å². The molecule has 300 valence electrons. The highest BCUT2D eigenvalue weighted by Crippen LogP contribution is 2.47. The van der Waals surface area contributed by atoms with Crippen molar-refractivity contribution in [2.75, 3.05) is 0 Å². The summed E-state index contributed by atoms with van der Waals surface area (Å²) in [7, 11) is 0. The van der Waals surface area contributed by atoms with E-state index in [0.717, 1.165) is 0 Å². The summed E-state index contributed by atoms with van der Waals surface area (Å²) in [5.74, 6) is 0. The normalized spacial score (nSPS) is 12.3. The van der Waals surface area contributed by atoms with Crippen LogP contribution in [0, 0.1) is 0 Å². The lowest BCUT2D eigenvalue weighted by molar-refractivity contribution is 1.18. The van der Waals surface area contributed by atoms with Crippen LogP contribution in [0.4, 0.5) is 0 Å². The number of hydrogen-bond donors (Lipinski definition) is 0. The van der Waals surface area contributed by atoms with Crippen molar-refractivity contribution in [1.29, 1.82) is 0 Å². The van der Waals surface area contributed by atoms with E-state index in [0.29, 0.717) is 0 Å². The van der Waals surface area contributed by atoms with Crippen LogP contribution < -0.4 is 10.9 Å². The highest BCUT2D eigenvalue weighted by Gasteiger charge is 2.38. The summed E-state index contributed by atoms with van der Waals surface area (Å²) in [5.41, 5.74) is 18.4. The van der Waals surface area contributed by atoms with Crippen LogP contribution in [-0.4, -0.2) is 15.9 Å². The van der Waals surface area contributed by atoms with Gasteiger partial charge in [0.15, 0.2) is 0 Å². The van der Waals surface area contributed by atoms with Crippen molar-refractivity contribution in [1.82, 2.24) is 9.05 Å². The van der Waals surface area contributed by atoms with Crippen molar-refractivity contribution in [3.05, 3.63) is 237 Å². The molecule has 2 nitrogen and oxygen atoms in total. The zero-order valence-corrected chi connectivity index (χ0v) is 35.5. The lowest BCUT2D eigenvalue weighted by Crippen LogP contribution is -2.53. The van der Waals surface area contributed by atoms with E-state index < -0.39 is 0 Å². The number of hydrogen-bond acceptors (Lipinski definition) is 0. The van der Waals surface area contributed by atoms with Gasteiger partial charge in [0.1, 0.15) is 0 Å². The Kier molecular flexibility index (Phi) is 7.81. The van der Waals surface area contributed by atoms with E-state index in [2.05, 4.69) is 246 Å². The minimum atomic E-state index is -0.184. The molecule has 2 aromatic heterocycles. The molecule has 0 aliphatic carbocycles. The second-order valence-corrected chi connectivity index (χ2v) is 17.6. The number of nitrogens with zero attached hydrogens (tertiary/aromatic N) is 2. The van der Waals surface area contributed by atoms with Crippen LogP contribution in [0.5, 0.6) is 0 Å². The second kappa shape index (κ2) is 14.1. The fourth-order valence-electron chi connectivity index (χ4n) is 11.3. The Hall–Kier alpha value is -8.40. The molecule has 0 bridgehead atoms. The minimum absolute atomic E-state index is 0.184. The fraction of sp³-hybridized carbons (Fsp3) is 0. The van der Waals surface area contributed by atoms with Crippen molar-refractivity contribution >= 4 is 82.9 Å². The molecule has 65 heavy (non-hydrogen) atoms. The predicted molar refractivity (Wildman–Crippen MR) is 277 cm³/mol. The first-order chi connectivity index (χ1) is 32.3. The van der Waals surface area contributed by atoms with E-state index in [1.165, 1.54) is 126 Å². The lowest BCUT2D eigenvalue weighted by Gasteiger charge is -2.30. The van der Waals surface area contributed by atoms with E-state index in [1.807, 2.05) is 0 Å². The number of para-hydroxylation sites is 1. The average molecular weight is 823 g/mol. The van der Waals surface area contributed by atoms with Gasteiger partial charge in [-0.1, -0.05) is 200 Å². The fourth-order valence-corrected chi connectivity index (χ4v) is 11.3. The van der Waals surface area contributed by atoms with E-state index >= 15 is 0 Å². The van der Waals surface area contributed by atoms with Crippen LogP contribution in [0.1, 0.15) is 0 Å². The van der Waals surface area contributed by atoms with Gasteiger partial charge in [0.2, 0.25) is 0 Å². The van der Waals surface area contributed by atoms with E-state index in [4.69, 9.17) is 0 Å². The summed E-state index contributed by atoms with van der Waals surface area (Å²) in [4.78, 5) is 0. The molecule has 1 aliphatic rings. The van der Waals surface area contributed by atoms with E-state index in [9.17, 15) is 0 Å². The predicted octanol–water partition coefficient (Wildman–Crippen LogP) is 14.8. The molecule has 0 N–H and O–H groups in total. The number of rotatable bonds is 5. The van der Waals surface area contributed by atoms with Crippen LogP contribution in [0.2, 0.25) is 0 Å². The SMILES string of the molecule is c1ccc(-c2cc(-c3ccccc3)c3c(c2)c2cc(-c4ccccc4)cc(-c4ccccc4)c2n3B2c3ccccc3-n3c4ccc5ccccc5c4c4c5ccccc5cc2c43)cc1. The Bertz CT molecular complexity index is 3900. The summed E-state index contributed by atoms with van der Waals surface area (Å²) in [6, 6.07) is 88.0. The molecule has 0 radical (unpaired) electrons. The maximum absolute atomic E-state index is 2.75. The quantitative estimate of drug-likeness (QED) is 0.153. The van der Waals surface area contributed by atoms with Gasteiger partial charge in [0, 0.05) is 49.4 Å². The largest absolute Gasteiger partial charge is 0.375 e. The summed E-state index contributed by atoms with van der Waals surface area (Å²) >= 11 is 0. The van der Waals surface area contributed by atoms with Gasteiger partial charge >= 0.3 is 6.85 Å². The van der Waals surface area contributed by atoms with Gasteiger partial charge in [0.25, 0.3) is 0 Å². The van der Waals surface area contributed by atoms with Crippen molar-refractivity contribution in [2.45, 2.75) is 0 Å². The van der Waals surface area contributed by atoms with Gasteiger partial charge in [0.05, 0.1) is 11.0 Å². The van der Waals surface area contributed by atoms with Gasteiger partial charge in [-0.3, -0.25) is 0 Å². The smallest absolute Gasteiger partial charge is 0.332 e. The summed E-state index contributed by atoms with van der Waals surface area (Å²) < 4.78 is 5.33. The second-order valence-electron chi connectivity index (χ2n) is 17.6. The summed E-state index contributed by atoms with van der Waals surface area (Å²) in [6.45, 7) is -0.184. The molecule has 3 heterocycles. The molecule has 11 aromatic carbocycles. The Morgan fingerprint density at radius 1 is 0.292 bits per heavy atom. The van der Waals surface area contributed by atoms with Gasteiger partial charge in [-0.25, -0.2) is 0 Å². The maximum atomic E-state index is 2.75. The maximum Gasteiger partial charge on any atom is 0.332 e. The van der Waals surface area contributed by atoms with E-state index in [1.54, 1.807) is 0 Å². The third-order valence-corrected chi connectivity index (χ3v) is 14.1. The molecular weight excluding hydrogens is 784 g/mol. The first-order valence-electron chi connectivity index (χ1n) is 22.6. The highest BCUT2D eigenvalue weighted by atomic mass is 15.0. The molecule has 0 unspecified atom stereocenters. The Morgan fingerprint density at radius 2 is 0.769 bits per heavy atom. The zero-order chi connectivity index (χ0) is 42.6. The molecule has 1 aliphatic heterocycles. The van der Waals surface area contributed by atoms with Crippen molar-refractivity contribution in [3.8, 4) is 50.2 Å². The molecule has 3 heteroatoms. The van der Waals surface area contributed by atoms with Gasteiger partial charge in [-0.05, 0) is 102 Å². The standard InChI is InChI=1S/C62H39BN2/c1-5-19-40(20-6-1)46-35-50(42-23-9-3-10-24-42)60-52(37-46)53-38-47(41-21-7-2-8-22-41)36-51(43-25-11-4-12-26-43)61(53)65(60)63-54-31-17-18-32-56(54)64-57-34-33-44-27-13-15-29-48(44)58(57)59-49-30-16-14-28-45(49)39-55(63)62(59)64/h1-39H. The number of aromatic nitrogens is 2. The first kappa shape index (κ1) is 36.1. The summed E-state index contributed by atoms with van der Waals surface area (Å²) in [5, 5.41) is 10.2. The first-order valence-corrected chi connectivity index (χ1v) is 22.6. The minimum Gasteiger partial charge on any atom is -0.375 e. The molecule has 0 saturated carbocycles. The van der Waals surface area contributed by atoms with Crippen LogP contribution in [0.15, 0.2) is 237 Å². The van der Waals surface area contributed by atoms with Crippen LogP contribution in [-0.2, 0) is 0 Å². The Labute approximate surface area is 377 Å². The molecule has 13 aromatic rings. The topological polar surface area (TPSA) is 9.86 Å². The number of benzene rings is 11. The highest BCUT2D eigenvalue weighted by molar-refractivity contribution is 6.89. The zero-order valence-electron chi connectivity index (χ0n) is 35.5. The van der Waals surface area contributed by atoms with E-state index in [-0.39, 0.29) is 6.85 Å². The molecule has 14 rings (SSSR count).